The predicted octanol–water partition coefficient (Wildman–Crippen LogP) is 2.09. The lowest BCUT2D eigenvalue weighted by atomic mass is 10.2. The summed E-state index contributed by atoms with van der Waals surface area (Å²) >= 11 is 5.53. The molecule has 0 spiro atoms. The van der Waals surface area contributed by atoms with Gasteiger partial charge < -0.3 is 10.5 Å². The molecule has 0 amide bonds. The summed E-state index contributed by atoms with van der Waals surface area (Å²) in [4.78, 5) is 0. The van der Waals surface area contributed by atoms with Crippen molar-refractivity contribution in [2.75, 3.05) is 7.11 Å². The lowest BCUT2D eigenvalue weighted by molar-refractivity contribution is 0.405. The Hall–Kier alpha value is -0.870. The van der Waals surface area contributed by atoms with Crippen molar-refractivity contribution < 1.29 is 13.5 Å². The maximum atomic E-state index is 13.2. The molecule has 0 bridgehead atoms. The largest absolute Gasteiger partial charge is 0.495 e. The Morgan fingerprint density at radius 1 is 1.54 bits per heavy atom. The van der Waals surface area contributed by atoms with E-state index in [0.29, 0.717) is 0 Å². The third-order valence-corrected chi connectivity index (χ3v) is 2.00. The summed E-state index contributed by atoms with van der Waals surface area (Å²) in [6.45, 7) is -0.235. The molecule has 0 unspecified atom stereocenters. The molecule has 2 nitrogen and oxygen atoms in total. The van der Waals surface area contributed by atoms with Gasteiger partial charge in [-0.1, -0.05) is 11.6 Å². The SMILES string of the molecule is COc1cc(F)c(CN)c(F)c1Cl. The molecule has 0 heterocycles. The minimum atomic E-state index is -0.860. The van der Waals surface area contributed by atoms with Crippen molar-refractivity contribution in [1.29, 1.82) is 0 Å². The van der Waals surface area contributed by atoms with Crippen LogP contribution in [0.15, 0.2) is 6.07 Å². The van der Waals surface area contributed by atoms with Gasteiger partial charge in [-0.25, -0.2) is 8.78 Å². The third kappa shape index (κ3) is 1.73. The van der Waals surface area contributed by atoms with E-state index in [-0.39, 0.29) is 22.9 Å². The van der Waals surface area contributed by atoms with Crippen LogP contribution in [0.4, 0.5) is 8.78 Å². The first-order valence-electron chi connectivity index (χ1n) is 3.52. The Morgan fingerprint density at radius 3 is 2.62 bits per heavy atom. The van der Waals surface area contributed by atoms with Crippen molar-refractivity contribution in [3.8, 4) is 5.75 Å². The van der Waals surface area contributed by atoms with Crippen molar-refractivity contribution in [1.82, 2.24) is 0 Å². The molecule has 0 aromatic heterocycles. The molecule has 0 aliphatic carbocycles. The zero-order chi connectivity index (χ0) is 10.0. The quantitative estimate of drug-likeness (QED) is 0.754. The lowest BCUT2D eigenvalue weighted by Gasteiger charge is -2.08. The number of halogens is 3. The van der Waals surface area contributed by atoms with Crippen LogP contribution in [0.3, 0.4) is 0 Å². The molecule has 13 heavy (non-hydrogen) atoms. The highest BCUT2D eigenvalue weighted by Crippen LogP contribution is 2.30. The Balaban J connectivity index is 3.37. The predicted molar refractivity (Wildman–Crippen MR) is 45.8 cm³/mol. The molecule has 1 rings (SSSR count). The summed E-state index contributed by atoms with van der Waals surface area (Å²) in [5, 5.41) is -0.246. The van der Waals surface area contributed by atoms with E-state index >= 15 is 0 Å². The van der Waals surface area contributed by atoms with Crippen molar-refractivity contribution in [2.24, 2.45) is 5.73 Å². The number of ether oxygens (including phenoxy) is 1. The monoisotopic (exact) mass is 207 g/mol. The highest BCUT2D eigenvalue weighted by atomic mass is 35.5. The van der Waals surface area contributed by atoms with Crippen molar-refractivity contribution in [2.45, 2.75) is 6.54 Å². The average Bonchev–Trinajstić information content (AvgIpc) is 2.12. The molecule has 0 aliphatic heterocycles. The Labute approximate surface area is 79.2 Å². The fourth-order valence-corrected chi connectivity index (χ4v) is 1.19. The molecule has 0 saturated heterocycles. The van der Waals surface area contributed by atoms with Gasteiger partial charge in [0.05, 0.1) is 7.11 Å². The van der Waals surface area contributed by atoms with E-state index in [1.807, 2.05) is 0 Å². The van der Waals surface area contributed by atoms with Crippen molar-refractivity contribution >= 4 is 11.6 Å². The molecular weight excluding hydrogens is 200 g/mol. The Kier molecular flexibility index (Phi) is 3.06. The molecule has 1 aromatic rings. The van der Waals surface area contributed by atoms with Gasteiger partial charge in [0.1, 0.15) is 16.6 Å². The molecule has 0 fully saturated rings. The second-order valence-corrected chi connectivity index (χ2v) is 2.75. The number of hydrogen-bond donors (Lipinski definition) is 1. The summed E-state index contributed by atoms with van der Waals surface area (Å²) in [7, 11) is 1.28. The van der Waals surface area contributed by atoms with Gasteiger partial charge in [-0.2, -0.15) is 0 Å². The first kappa shape index (κ1) is 10.2. The molecular formula is C8H8ClF2NO. The van der Waals surface area contributed by atoms with Crippen LogP contribution in [-0.4, -0.2) is 7.11 Å². The Morgan fingerprint density at radius 2 is 2.15 bits per heavy atom. The molecule has 0 radical (unpaired) electrons. The minimum absolute atomic E-state index is 0.0335. The van der Waals surface area contributed by atoms with Gasteiger partial charge in [0.25, 0.3) is 0 Å². The molecule has 0 atom stereocenters. The van der Waals surface area contributed by atoms with Gasteiger partial charge in [0, 0.05) is 18.2 Å². The molecule has 2 N–H and O–H groups in total. The van der Waals surface area contributed by atoms with E-state index in [1.165, 1.54) is 7.11 Å². The summed E-state index contributed by atoms with van der Waals surface area (Å²) in [6, 6.07) is 1.01. The summed E-state index contributed by atoms with van der Waals surface area (Å²) in [5.41, 5.74) is 4.90. The van der Waals surface area contributed by atoms with E-state index in [1.54, 1.807) is 0 Å². The Bertz CT molecular complexity index is 330. The van der Waals surface area contributed by atoms with Crippen LogP contribution >= 0.6 is 11.6 Å². The number of methoxy groups -OCH3 is 1. The average molecular weight is 208 g/mol. The van der Waals surface area contributed by atoms with E-state index in [0.717, 1.165) is 6.07 Å². The second-order valence-electron chi connectivity index (χ2n) is 2.37. The van der Waals surface area contributed by atoms with Crippen LogP contribution in [0, 0.1) is 11.6 Å². The highest BCUT2D eigenvalue weighted by molar-refractivity contribution is 6.32. The number of benzene rings is 1. The molecule has 0 aliphatic rings. The maximum Gasteiger partial charge on any atom is 0.152 e. The van der Waals surface area contributed by atoms with Crippen LogP contribution in [-0.2, 0) is 6.54 Å². The molecule has 5 heteroatoms. The van der Waals surface area contributed by atoms with Crippen LogP contribution in [0.5, 0.6) is 5.75 Å². The normalized spacial score (nSPS) is 10.2. The van der Waals surface area contributed by atoms with E-state index < -0.39 is 11.6 Å². The third-order valence-electron chi connectivity index (χ3n) is 1.64. The van der Waals surface area contributed by atoms with Crippen LogP contribution in [0.2, 0.25) is 5.02 Å². The standard InChI is InChI=1S/C8H8ClF2NO/c1-13-6-2-5(10)4(3-12)8(11)7(6)9/h2H,3,12H2,1H3. The fraction of sp³-hybridized carbons (Fsp3) is 0.250. The lowest BCUT2D eigenvalue weighted by Crippen LogP contribution is -2.04. The van der Waals surface area contributed by atoms with Crippen molar-refractivity contribution in [3.63, 3.8) is 0 Å². The van der Waals surface area contributed by atoms with Gasteiger partial charge in [-0.15, -0.1) is 0 Å². The first-order chi connectivity index (χ1) is 6.11. The molecule has 0 saturated carbocycles. The zero-order valence-corrected chi connectivity index (χ0v) is 7.66. The van der Waals surface area contributed by atoms with Gasteiger partial charge in [0.15, 0.2) is 5.82 Å². The minimum Gasteiger partial charge on any atom is -0.495 e. The summed E-state index contributed by atoms with van der Waals surface area (Å²) in [5.74, 6) is -1.64. The zero-order valence-electron chi connectivity index (χ0n) is 6.90. The number of rotatable bonds is 2. The van der Waals surface area contributed by atoms with Gasteiger partial charge in [-0.3, -0.25) is 0 Å². The summed E-state index contributed by atoms with van der Waals surface area (Å²) < 4.78 is 30.9. The fourth-order valence-electron chi connectivity index (χ4n) is 0.947. The number of hydrogen-bond acceptors (Lipinski definition) is 2. The van der Waals surface area contributed by atoms with Gasteiger partial charge in [-0.05, 0) is 0 Å². The van der Waals surface area contributed by atoms with Crippen LogP contribution in [0.1, 0.15) is 5.56 Å². The number of nitrogens with two attached hydrogens (primary N) is 1. The van der Waals surface area contributed by atoms with Gasteiger partial charge >= 0.3 is 0 Å². The van der Waals surface area contributed by atoms with Gasteiger partial charge in [0.2, 0.25) is 0 Å². The van der Waals surface area contributed by atoms with E-state index in [2.05, 4.69) is 4.74 Å². The van der Waals surface area contributed by atoms with E-state index in [9.17, 15) is 8.78 Å². The smallest absolute Gasteiger partial charge is 0.152 e. The van der Waals surface area contributed by atoms with E-state index in [4.69, 9.17) is 17.3 Å². The summed E-state index contributed by atoms with van der Waals surface area (Å²) in [6.07, 6.45) is 0. The first-order valence-corrected chi connectivity index (χ1v) is 3.90. The maximum absolute atomic E-state index is 13.2. The molecule has 72 valence electrons. The van der Waals surface area contributed by atoms with Crippen LogP contribution in [0.25, 0.3) is 0 Å². The second kappa shape index (κ2) is 3.89. The van der Waals surface area contributed by atoms with Crippen LogP contribution < -0.4 is 10.5 Å². The van der Waals surface area contributed by atoms with Crippen molar-refractivity contribution in [3.05, 3.63) is 28.3 Å². The molecule has 1 aromatic carbocycles. The topological polar surface area (TPSA) is 35.2 Å². The highest BCUT2D eigenvalue weighted by Gasteiger charge is 2.16.